The van der Waals surface area contributed by atoms with Crippen LogP contribution in [0.15, 0.2) is 53.5 Å². The van der Waals surface area contributed by atoms with E-state index >= 15 is 0 Å². The molecule has 0 saturated carbocycles. The third kappa shape index (κ3) is 3.57. The topological polar surface area (TPSA) is 49.9 Å². The Hall–Kier alpha value is -2.44. The summed E-state index contributed by atoms with van der Waals surface area (Å²) in [7, 11) is 1.56. The SMILES string of the molecule is CCN(Cc1ccccc1)C1=C(c2cccs2)C(=O)N(CCOC)C1=O. The van der Waals surface area contributed by atoms with Crippen LogP contribution in [-0.4, -0.2) is 48.4 Å². The molecule has 6 heteroatoms. The third-order valence-corrected chi connectivity index (χ3v) is 5.23. The van der Waals surface area contributed by atoms with E-state index in [1.807, 2.05) is 59.7 Å². The molecule has 0 atom stereocenters. The highest BCUT2D eigenvalue weighted by Gasteiger charge is 2.41. The molecule has 0 radical (unpaired) electrons. The second-order valence-corrected chi connectivity index (χ2v) is 6.90. The average Bonchev–Trinajstić information content (AvgIpc) is 3.26. The number of nitrogens with zero attached hydrogens (tertiary/aromatic N) is 2. The van der Waals surface area contributed by atoms with E-state index in [4.69, 9.17) is 4.74 Å². The fraction of sp³-hybridized carbons (Fsp3) is 0.300. The van der Waals surface area contributed by atoms with Gasteiger partial charge < -0.3 is 9.64 Å². The quantitative estimate of drug-likeness (QED) is 0.671. The van der Waals surface area contributed by atoms with Gasteiger partial charge >= 0.3 is 0 Å². The Kier molecular flexibility index (Phi) is 5.85. The number of rotatable bonds is 8. The first-order chi connectivity index (χ1) is 12.7. The zero-order valence-electron chi connectivity index (χ0n) is 15.0. The molecule has 1 aromatic heterocycles. The lowest BCUT2D eigenvalue weighted by molar-refractivity contribution is -0.138. The molecule has 0 bridgehead atoms. The number of imide groups is 1. The van der Waals surface area contributed by atoms with Crippen molar-refractivity contribution >= 4 is 28.7 Å². The van der Waals surface area contributed by atoms with Crippen molar-refractivity contribution in [3.8, 4) is 0 Å². The highest BCUT2D eigenvalue weighted by Crippen LogP contribution is 2.34. The van der Waals surface area contributed by atoms with Gasteiger partial charge in [0, 0.05) is 25.1 Å². The van der Waals surface area contributed by atoms with Crippen molar-refractivity contribution in [2.45, 2.75) is 13.5 Å². The van der Waals surface area contributed by atoms with Crippen LogP contribution in [0.4, 0.5) is 0 Å². The number of likely N-dealkylation sites (N-methyl/N-ethyl adjacent to an activating group) is 1. The van der Waals surface area contributed by atoms with Gasteiger partial charge in [0.15, 0.2) is 0 Å². The molecule has 26 heavy (non-hydrogen) atoms. The van der Waals surface area contributed by atoms with Gasteiger partial charge in [0.1, 0.15) is 5.70 Å². The molecule has 1 aliphatic heterocycles. The molecule has 0 aliphatic carbocycles. The van der Waals surface area contributed by atoms with E-state index in [2.05, 4.69) is 0 Å². The molecule has 2 aromatic rings. The summed E-state index contributed by atoms with van der Waals surface area (Å²) >= 11 is 1.47. The second kappa shape index (κ2) is 8.29. The Labute approximate surface area is 157 Å². The smallest absolute Gasteiger partial charge is 0.277 e. The van der Waals surface area contributed by atoms with Crippen LogP contribution in [0, 0.1) is 0 Å². The molecule has 1 aromatic carbocycles. The highest BCUT2D eigenvalue weighted by molar-refractivity contribution is 7.11. The Morgan fingerprint density at radius 3 is 2.46 bits per heavy atom. The maximum Gasteiger partial charge on any atom is 0.277 e. The Morgan fingerprint density at radius 2 is 1.85 bits per heavy atom. The lowest BCUT2D eigenvalue weighted by Crippen LogP contribution is -2.37. The minimum Gasteiger partial charge on any atom is -0.383 e. The number of benzene rings is 1. The van der Waals surface area contributed by atoms with Crippen molar-refractivity contribution in [1.82, 2.24) is 9.80 Å². The number of amides is 2. The first-order valence-corrected chi connectivity index (χ1v) is 9.47. The molecule has 0 fully saturated rings. The summed E-state index contributed by atoms with van der Waals surface area (Å²) in [6.07, 6.45) is 0. The summed E-state index contributed by atoms with van der Waals surface area (Å²) in [4.78, 5) is 30.1. The summed E-state index contributed by atoms with van der Waals surface area (Å²) in [5, 5.41) is 1.92. The number of carbonyl (C=O) groups excluding carboxylic acids is 2. The van der Waals surface area contributed by atoms with Gasteiger partial charge in [-0.05, 0) is 23.9 Å². The van der Waals surface area contributed by atoms with Crippen LogP contribution in [0.5, 0.6) is 0 Å². The van der Waals surface area contributed by atoms with Crippen LogP contribution in [0.2, 0.25) is 0 Å². The van der Waals surface area contributed by atoms with Crippen molar-refractivity contribution in [3.05, 3.63) is 64.0 Å². The summed E-state index contributed by atoms with van der Waals surface area (Å²) in [5.74, 6) is -0.482. The van der Waals surface area contributed by atoms with E-state index in [1.54, 1.807) is 7.11 Å². The van der Waals surface area contributed by atoms with Gasteiger partial charge in [-0.2, -0.15) is 0 Å². The largest absolute Gasteiger partial charge is 0.383 e. The van der Waals surface area contributed by atoms with Crippen LogP contribution in [0.1, 0.15) is 17.4 Å². The zero-order chi connectivity index (χ0) is 18.5. The number of ether oxygens (including phenoxy) is 1. The highest BCUT2D eigenvalue weighted by atomic mass is 32.1. The molecule has 3 rings (SSSR count). The lowest BCUT2D eigenvalue weighted by Gasteiger charge is -2.24. The lowest BCUT2D eigenvalue weighted by atomic mass is 10.1. The molecule has 0 N–H and O–H groups in total. The number of hydrogen-bond acceptors (Lipinski definition) is 5. The Balaban J connectivity index is 2.00. The van der Waals surface area contributed by atoms with Crippen molar-refractivity contribution < 1.29 is 14.3 Å². The summed E-state index contributed by atoms with van der Waals surface area (Å²) in [6.45, 7) is 3.80. The fourth-order valence-electron chi connectivity index (χ4n) is 3.04. The minimum absolute atomic E-state index is 0.240. The van der Waals surface area contributed by atoms with Gasteiger partial charge in [0.05, 0.1) is 18.7 Å². The molecular formula is C20H22N2O3S. The molecule has 1 aliphatic rings. The molecule has 0 unspecified atom stereocenters. The van der Waals surface area contributed by atoms with Gasteiger partial charge in [0.2, 0.25) is 0 Å². The fourth-order valence-corrected chi connectivity index (χ4v) is 3.80. The van der Waals surface area contributed by atoms with Gasteiger partial charge in [0.25, 0.3) is 11.8 Å². The monoisotopic (exact) mass is 370 g/mol. The van der Waals surface area contributed by atoms with Crippen molar-refractivity contribution in [2.75, 3.05) is 26.8 Å². The summed E-state index contributed by atoms with van der Waals surface area (Å²) in [5.41, 5.74) is 2.08. The summed E-state index contributed by atoms with van der Waals surface area (Å²) < 4.78 is 5.07. The molecule has 2 heterocycles. The van der Waals surface area contributed by atoms with Gasteiger partial charge in [-0.1, -0.05) is 36.4 Å². The van der Waals surface area contributed by atoms with E-state index < -0.39 is 0 Å². The first-order valence-electron chi connectivity index (χ1n) is 8.59. The number of hydrogen-bond donors (Lipinski definition) is 0. The third-order valence-electron chi connectivity index (χ3n) is 4.34. The normalized spacial score (nSPS) is 14.5. The minimum atomic E-state index is -0.242. The van der Waals surface area contributed by atoms with Crippen LogP contribution in [0.25, 0.3) is 5.57 Å². The van der Waals surface area contributed by atoms with Gasteiger partial charge in [-0.15, -0.1) is 11.3 Å². The molecule has 2 amide bonds. The maximum absolute atomic E-state index is 13.1. The second-order valence-electron chi connectivity index (χ2n) is 5.96. The zero-order valence-corrected chi connectivity index (χ0v) is 15.8. The van der Waals surface area contributed by atoms with Crippen LogP contribution < -0.4 is 0 Å². The van der Waals surface area contributed by atoms with Crippen LogP contribution in [0.3, 0.4) is 0 Å². The predicted octanol–water partition coefficient (Wildman–Crippen LogP) is 3.00. The Bertz CT molecular complexity index is 800. The Morgan fingerprint density at radius 1 is 1.08 bits per heavy atom. The van der Waals surface area contributed by atoms with E-state index in [9.17, 15) is 9.59 Å². The number of methoxy groups -OCH3 is 1. The molecule has 0 spiro atoms. The van der Waals surface area contributed by atoms with Crippen molar-refractivity contribution in [2.24, 2.45) is 0 Å². The van der Waals surface area contributed by atoms with E-state index in [1.165, 1.54) is 16.2 Å². The van der Waals surface area contributed by atoms with E-state index in [-0.39, 0.29) is 18.4 Å². The maximum atomic E-state index is 13.1. The molecule has 136 valence electrons. The molecule has 0 saturated heterocycles. The van der Waals surface area contributed by atoms with Crippen LogP contribution in [-0.2, 0) is 20.9 Å². The average molecular weight is 370 g/mol. The standard InChI is InChI=1S/C20H22N2O3S/c1-3-21(14-15-8-5-4-6-9-15)18-17(16-10-7-13-26-16)19(23)22(20(18)24)11-12-25-2/h4-10,13H,3,11-12,14H2,1-2H3. The number of thiophene rings is 1. The van der Waals surface area contributed by atoms with Crippen molar-refractivity contribution in [1.29, 1.82) is 0 Å². The van der Waals surface area contributed by atoms with Crippen molar-refractivity contribution in [3.63, 3.8) is 0 Å². The van der Waals surface area contributed by atoms with E-state index in [0.717, 1.165) is 10.4 Å². The predicted molar refractivity (Wildman–Crippen MR) is 102 cm³/mol. The summed E-state index contributed by atoms with van der Waals surface area (Å²) in [6, 6.07) is 13.8. The van der Waals surface area contributed by atoms with Gasteiger partial charge in [-0.25, -0.2) is 0 Å². The van der Waals surface area contributed by atoms with Crippen LogP contribution >= 0.6 is 11.3 Å². The van der Waals surface area contributed by atoms with E-state index in [0.29, 0.717) is 31.0 Å². The number of carbonyl (C=O) groups is 2. The van der Waals surface area contributed by atoms with Gasteiger partial charge in [-0.3, -0.25) is 14.5 Å². The molecular weight excluding hydrogens is 348 g/mol. The first kappa shape index (κ1) is 18.4. The molecule has 5 nitrogen and oxygen atoms in total.